The van der Waals surface area contributed by atoms with Crippen molar-refractivity contribution in [2.24, 2.45) is 0 Å². The molecule has 114 valence electrons. The Morgan fingerprint density at radius 3 is 1.26 bits per heavy atom. The molecule has 0 bridgehead atoms. The first-order chi connectivity index (χ1) is 7.97. The maximum atomic E-state index is 9.87. The molecule has 1 nitrogen and oxygen atoms in total. The first kappa shape index (κ1) is 18.2. The van der Waals surface area contributed by atoms with E-state index in [1.165, 1.54) is 27.3 Å². The SMILES string of the molecule is Cc1cc(C)c([NH+](C)C)c(C)c1.F[P-](F)(F)(F)(F)F. The van der Waals surface area contributed by atoms with Gasteiger partial charge in [-0.2, -0.15) is 0 Å². The van der Waals surface area contributed by atoms with Crippen molar-refractivity contribution in [3.8, 4) is 0 Å². The minimum absolute atomic E-state index is 1.36. The molecule has 0 spiro atoms. The van der Waals surface area contributed by atoms with Crippen LogP contribution in [0.1, 0.15) is 16.7 Å². The molecule has 0 atom stereocenters. The Morgan fingerprint density at radius 2 is 1.05 bits per heavy atom. The van der Waals surface area contributed by atoms with E-state index in [-0.39, 0.29) is 0 Å². The van der Waals surface area contributed by atoms with Gasteiger partial charge in [0, 0.05) is 11.1 Å². The van der Waals surface area contributed by atoms with Crippen LogP contribution in [-0.2, 0) is 0 Å². The van der Waals surface area contributed by atoms with Gasteiger partial charge in [-0.05, 0) is 20.8 Å². The molecule has 0 aliphatic carbocycles. The van der Waals surface area contributed by atoms with Crippen LogP contribution in [0.25, 0.3) is 0 Å². The van der Waals surface area contributed by atoms with Gasteiger partial charge in [0.2, 0.25) is 0 Å². The Balaban J connectivity index is 0.000000399. The molecule has 0 unspecified atom stereocenters. The van der Waals surface area contributed by atoms with Gasteiger partial charge in [0.1, 0.15) is 5.69 Å². The second-order valence-electron chi connectivity index (χ2n) is 4.73. The maximum absolute atomic E-state index is 10.7. The molecule has 19 heavy (non-hydrogen) atoms. The summed E-state index contributed by atoms with van der Waals surface area (Å²) < 4.78 is 59.2. The first-order valence-electron chi connectivity index (χ1n) is 5.42. The van der Waals surface area contributed by atoms with E-state index in [4.69, 9.17) is 0 Å². The Morgan fingerprint density at radius 1 is 0.789 bits per heavy atom. The molecule has 1 aromatic carbocycles. The predicted molar refractivity (Wildman–Crippen MR) is 66.7 cm³/mol. The third-order valence-electron chi connectivity index (χ3n) is 2.18. The molecule has 1 N–H and O–H groups in total. The van der Waals surface area contributed by atoms with E-state index < -0.39 is 7.81 Å². The van der Waals surface area contributed by atoms with Gasteiger partial charge in [-0.1, -0.05) is 17.7 Å². The molecular formula is C11H18F6NP. The Bertz CT molecular complexity index is 428. The molecular weight excluding hydrogens is 291 g/mol. The van der Waals surface area contributed by atoms with Crippen molar-refractivity contribution in [2.45, 2.75) is 20.8 Å². The summed E-state index contributed by atoms with van der Waals surface area (Å²) in [5, 5.41) is 0. The van der Waals surface area contributed by atoms with E-state index in [1.807, 2.05) is 0 Å². The second-order valence-corrected chi connectivity index (χ2v) is 6.65. The molecule has 1 rings (SSSR count). The fourth-order valence-electron chi connectivity index (χ4n) is 1.97. The van der Waals surface area contributed by atoms with Gasteiger partial charge >= 0.3 is 33.0 Å². The number of halogens is 6. The summed E-state index contributed by atoms with van der Waals surface area (Å²) in [6.07, 6.45) is 0. The molecule has 0 amide bonds. The summed E-state index contributed by atoms with van der Waals surface area (Å²) in [5.74, 6) is 0. The molecule has 0 aliphatic rings. The van der Waals surface area contributed by atoms with Crippen LogP contribution >= 0.6 is 7.81 Å². The van der Waals surface area contributed by atoms with Crippen LogP contribution in [0.15, 0.2) is 12.1 Å². The number of rotatable bonds is 1. The number of benzene rings is 1. The monoisotopic (exact) mass is 309 g/mol. The summed E-state index contributed by atoms with van der Waals surface area (Å²) in [5.41, 5.74) is 5.58. The summed E-state index contributed by atoms with van der Waals surface area (Å²) in [6, 6.07) is 4.49. The van der Waals surface area contributed by atoms with Gasteiger partial charge in [-0.3, -0.25) is 0 Å². The molecule has 8 heteroatoms. The molecule has 0 fully saturated rings. The van der Waals surface area contributed by atoms with E-state index in [0.717, 1.165) is 0 Å². The average Bonchev–Trinajstić information content (AvgIpc) is 1.92. The first-order valence-corrected chi connectivity index (χ1v) is 7.45. The zero-order valence-electron chi connectivity index (χ0n) is 11.4. The van der Waals surface area contributed by atoms with E-state index in [1.54, 1.807) is 0 Å². The number of quaternary nitrogens is 1. The zero-order chi connectivity index (χ0) is 15.7. The van der Waals surface area contributed by atoms with Crippen molar-refractivity contribution < 1.29 is 30.1 Å². The van der Waals surface area contributed by atoms with Gasteiger partial charge in [0.05, 0.1) is 14.1 Å². The van der Waals surface area contributed by atoms with Gasteiger partial charge in [-0.25, -0.2) is 0 Å². The molecule has 0 saturated heterocycles. The van der Waals surface area contributed by atoms with Crippen molar-refractivity contribution in [3.05, 3.63) is 28.8 Å². The van der Waals surface area contributed by atoms with Crippen molar-refractivity contribution in [3.63, 3.8) is 0 Å². The third kappa shape index (κ3) is 10.8. The zero-order valence-corrected chi connectivity index (χ0v) is 12.3. The van der Waals surface area contributed by atoms with Gasteiger partial charge in [0.25, 0.3) is 0 Å². The third-order valence-corrected chi connectivity index (χ3v) is 2.18. The van der Waals surface area contributed by atoms with Crippen LogP contribution in [0.4, 0.5) is 30.9 Å². The van der Waals surface area contributed by atoms with Crippen molar-refractivity contribution in [1.29, 1.82) is 0 Å². The van der Waals surface area contributed by atoms with Crippen LogP contribution in [0.3, 0.4) is 0 Å². The fraction of sp³-hybridized carbons (Fsp3) is 0.455. The van der Waals surface area contributed by atoms with Crippen LogP contribution in [0.5, 0.6) is 0 Å². The Kier molecular flexibility index (Phi) is 4.43. The predicted octanol–water partition coefficient (Wildman–Crippen LogP) is 4.77. The minimum atomic E-state index is -10.7. The number of aryl methyl sites for hydroxylation is 3. The normalized spacial score (nSPS) is 15.4. The summed E-state index contributed by atoms with van der Waals surface area (Å²) >= 11 is 0. The van der Waals surface area contributed by atoms with Crippen molar-refractivity contribution in [1.82, 2.24) is 0 Å². The number of nitrogens with one attached hydrogen (secondary N) is 1. The van der Waals surface area contributed by atoms with Crippen LogP contribution in [0.2, 0.25) is 0 Å². The van der Waals surface area contributed by atoms with Gasteiger partial charge in [-0.15, -0.1) is 0 Å². The van der Waals surface area contributed by atoms with E-state index in [0.29, 0.717) is 0 Å². The van der Waals surface area contributed by atoms with Crippen molar-refractivity contribution in [2.75, 3.05) is 14.1 Å². The van der Waals surface area contributed by atoms with Crippen LogP contribution in [0, 0.1) is 20.8 Å². The van der Waals surface area contributed by atoms with E-state index >= 15 is 0 Å². The number of hydrogen-bond donors (Lipinski definition) is 1. The summed E-state index contributed by atoms with van der Waals surface area (Å²) in [4.78, 5) is 1.41. The topological polar surface area (TPSA) is 4.44 Å². The average molecular weight is 309 g/mol. The van der Waals surface area contributed by atoms with Gasteiger partial charge in [0.15, 0.2) is 0 Å². The van der Waals surface area contributed by atoms with E-state index in [9.17, 15) is 25.2 Å². The fourth-order valence-corrected chi connectivity index (χ4v) is 1.97. The Hall–Kier alpha value is -0.810. The van der Waals surface area contributed by atoms with Crippen molar-refractivity contribution >= 4 is 13.5 Å². The van der Waals surface area contributed by atoms with Crippen LogP contribution < -0.4 is 4.90 Å². The van der Waals surface area contributed by atoms with Gasteiger partial charge < -0.3 is 4.90 Å². The molecule has 0 aromatic heterocycles. The standard InChI is InChI=1S/C11H17N.F6P/c1-8-6-9(2)11(12(4)5)10(3)7-8;1-7(2,3,4,5)6/h6-7H,1-5H3;/q;-1/p+1. The quantitative estimate of drug-likeness (QED) is 0.563. The molecule has 1 aromatic rings. The van der Waals surface area contributed by atoms with E-state index in [2.05, 4.69) is 47.0 Å². The Labute approximate surface area is 108 Å². The summed E-state index contributed by atoms with van der Waals surface area (Å²) in [6.45, 7) is 6.51. The molecule has 0 radical (unpaired) electrons. The summed E-state index contributed by atoms with van der Waals surface area (Å²) in [7, 11) is -6.31. The molecule has 0 saturated carbocycles. The molecule has 0 heterocycles. The van der Waals surface area contributed by atoms with Crippen LogP contribution in [-0.4, -0.2) is 14.1 Å². The molecule has 0 aliphatic heterocycles. The second kappa shape index (κ2) is 4.63. The number of hydrogen-bond acceptors (Lipinski definition) is 0.